The van der Waals surface area contributed by atoms with Crippen molar-refractivity contribution in [3.8, 4) is 11.6 Å². The van der Waals surface area contributed by atoms with E-state index < -0.39 is 33.3 Å². The number of rotatable bonds is 4. The summed E-state index contributed by atoms with van der Waals surface area (Å²) < 4.78 is 41.8. The number of fused-ring (bicyclic) bond motifs is 1. The molecule has 0 spiro atoms. The summed E-state index contributed by atoms with van der Waals surface area (Å²) in [7, 11) is -4.16. The molecule has 0 fully saturated rings. The number of halogens is 3. The summed E-state index contributed by atoms with van der Waals surface area (Å²) in [6.07, 6.45) is 0. The van der Waals surface area contributed by atoms with Gasteiger partial charge < -0.3 is 10.4 Å². The van der Waals surface area contributed by atoms with E-state index in [4.69, 9.17) is 23.2 Å². The van der Waals surface area contributed by atoms with Gasteiger partial charge in [-0.3, -0.25) is 4.79 Å². The Morgan fingerprint density at radius 3 is 2.48 bits per heavy atom. The zero-order valence-electron chi connectivity index (χ0n) is 16.2. The van der Waals surface area contributed by atoms with Crippen LogP contribution in [0.4, 0.5) is 14.9 Å². The van der Waals surface area contributed by atoms with E-state index in [-0.39, 0.29) is 25.3 Å². The van der Waals surface area contributed by atoms with Gasteiger partial charge in [0.25, 0.3) is 15.6 Å². The van der Waals surface area contributed by atoms with E-state index in [2.05, 4.69) is 5.32 Å². The van der Waals surface area contributed by atoms with Crippen molar-refractivity contribution in [2.75, 3.05) is 5.32 Å². The van der Waals surface area contributed by atoms with Gasteiger partial charge in [-0.15, -0.1) is 11.3 Å². The third kappa shape index (κ3) is 4.67. The molecule has 4 rings (SSSR count). The SMILES string of the molecule is O=C(Nc1ccc(-n2c(O)c3ccc(Cl)cc3cc2=O)c(F)c1)NS(=O)(=O)c1ccc(Cl)s1. The summed E-state index contributed by atoms with van der Waals surface area (Å²) in [5, 5.41) is 13.8. The Bertz CT molecular complexity index is 1580. The minimum absolute atomic E-state index is 0.0896. The van der Waals surface area contributed by atoms with Crippen LogP contribution in [-0.2, 0) is 10.0 Å². The summed E-state index contributed by atoms with van der Waals surface area (Å²) in [5.74, 6) is -1.45. The minimum Gasteiger partial charge on any atom is -0.494 e. The number of carbonyl (C=O) groups is 1. The van der Waals surface area contributed by atoms with Crippen LogP contribution in [0.5, 0.6) is 5.88 Å². The number of aromatic nitrogens is 1. The lowest BCUT2D eigenvalue weighted by Crippen LogP contribution is -2.34. The number of nitrogens with one attached hydrogen (secondary N) is 2. The Morgan fingerprint density at radius 2 is 1.82 bits per heavy atom. The first-order valence-corrected chi connectivity index (χ1v) is 12.0. The largest absolute Gasteiger partial charge is 0.494 e. The van der Waals surface area contributed by atoms with Crippen LogP contribution in [0.1, 0.15) is 0 Å². The fourth-order valence-corrected chi connectivity index (χ4v) is 5.62. The predicted molar refractivity (Wildman–Crippen MR) is 125 cm³/mol. The van der Waals surface area contributed by atoms with Crippen LogP contribution in [0, 0.1) is 5.82 Å². The molecule has 33 heavy (non-hydrogen) atoms. The Labute approximate surface area is 199 Å². The second-order valence-electron chi connectivity index (χ2n) is 6.66. The number of carbonyl (C=O) groups excluding carboxylic acids is 1. The lowest BCUT2D eigenvalue weighted by molar-refractivity contribution is 0.256. The maximum atomic E-state index is 14.8. The molecule has 0 aliphatic heterocycles. The first kappa shape index (κ1) is 23.1. The van der Waals surface area contributed by atoms with Gasteiger partial charge in [0.05, 0.1) is 10.0 Å². The summed E-state index contributed by atoms with van der Waals surface area (Å²) in [4.78, 5) is 24.6. The Kier molecular flexibility index (Phi) is 6.06. The predicted octanol–water partition coefficient (Wildman–Crippen LogP) is 4.71. The van der Waals surface area contributed by atoms with E-state index in [9.17, 15) is 27.5 Å². The first-order chi connectivity index (χ1) is 15.5. The number of thiophene rings is 1. The standard InChI is InChI=1S/C20H12Cl2FN3O5S2/c21-11-1-3-13-10(7-11)8-17(27)26(19(13)28)15-4-2-12(9-14(15)23)24-20(29)25-33(30,31)18-6-5-16(22)32-18/h1-9,28H,(H2,24,25,29). The van der Waals surface area contributed by atoms with E-state index in [1.54, 1.807) is 4.72 Å². The molecule has 0 saturated carbocycles. The van der Waals surface area contributed by atoms with Gasteiger partial charge in [-0.25, -0.2) is 26.9 Å². The third-order valence-electron chi connectivity index (χ3n) is 4.45. The molecule has 3 N–H and O–H groups in total. The number of hydrogen-bond donors (Lipinski definition) is 3. The number of hydrogen-bond acceptors (Lipinski definition) is 6. The summed E-state index contributed by atoms with van der Waals surface area (Å²) in [6, 6.07) is 10.4. The number of benzene rings is 2. The van der Waals surface area contributed by atoms with Crippen molar-refractivity contribution >= 4 is 67.1 Å². The summed E-state index contributed by atoms with van der Waals surface area (Å²) in [6.45, 7) is 0. The van der Waals surface area contributed by atoms with Gasteiger partial charge >= 0.3 is 6.03 Å². The fourth-order valence-electron chi connectivity index (χ4n) is 3.05. The average Bonchev–Trinajstić information content (AvgIpc) is 3.16. The molecule has 4 aromatic rings. The molecular weight excluding hydrogens is 516 g/mol. The highest BCUT2D eigenvalue weighted by atomic mass is 35.5. The Morgan fingerprint density at radius 1 is 1.06 bits per heavy atom. The molecule has 0 unspecified atom stereocenters. The molecule has 170 valence electrons. The van der Waals surface area contributed by atoms with Gasteiger partial charge in [-0.1, -0.05) is 23.2 Å². The van der Waals surface area contributed by atoms with E-state index in [1.165, 1.54) is 42.5 Å². The highest BCUT2D eigenvalue weighted by molar-refractivity contribution is 7.92. The van der Waals surface area contributed by atoms with E-state index in [0.29, 0.717) is 10.4 Å². The second-order valence-corrected chi connectivity index (χ2v) is 10.7. The average molecular weight is 528 g/mol. The second kappa shape index (κ2) is 8.67. The highest BCUT2D eigenvalue weighted by Gasteiger charge is 2.20. The van der Waals surface area contributed by atoms with E-state index in [1.807, 2.05) is 0 Å². The van der Waals surface area contributed by atoms with Crippen LogP contribution < -0.4 is 15.6 Å². The molecule has 0 atom stereocenters. The van der Waals surface area contributed by atoms with Crippen LogP contribution >= 0.6 is 34.5 Å². The fraction of sp³-hybridized carbons (Fsp3) is 0. The van der Waals surface area contributed by atoms with Gasteiger partial charge in [0, 0.05) is 22.2 Å². The normalized spacial score (nSPS) is 11.5. The number of anilines is 1. The smallest absolute Gasteiger partial charge is 0.333 e. The van der Waals surface area contributed by atoms with Crippen LogP contribution in [0.25, 0.3) is 16.5 Å². The van der Waals surface area contributed by atoms with Gasteiger partial charge in [-0.2, -0.15) is 0 Å². The van der Waals surface area contributed by atoms with Gasteiger partial charge in [0.15, 0.2) is 0 Å². The molecule has 0 saturated heterocycles. The summed E-state index contributed by atoms with van der Waals surface area (Å²) >= 11 is 12.4. The zero-order chi connectivity index (χ0) is 23.9. The van der Waals surface area contributed by atoms with Gasteiger partial charge in [0.2, 0.25) is 5.88 Å². The molecule has 0 bridgehead atoms. The Hall–Kier alpha value is -3.12. The molecular formula is C20H12Cl2FN3O5S2. The number of nitrogens with zero attached hydrogens (tertiary/aromatic N) is 1. The number of amides is 2. The van der Waals surface area contributed by atoms with Gasteiger partial charge in [-0.05, 0) is 53.9 Å². The quantitative estimate of drug-likeness (QED) is 0.355. The maximum Gasteiger partial charge on any atom is 0.333 e. The van der Waals surface area contributed by atoms with Crippen molar-refractivity contribution in [1.29, 1.82) is 0 Å². The number of pyridine rings is 1. The van der Waals surface area contributed by atoms with Crippen molar-refractivity contribution in [1.82, 2.24) is 9.29 Å². The maximum absolute atomic E-state index is 14.8. The van der Waals surface area contributed by atoms with Gasteiger partial charge in [0.1, 0.15) is 10.0 Å². The molecule has 13 heteroatoms. The number of aromatic hydroxyl groups is 1. The van der Waals surface area contributed by atoms with Crippen molar-refractivity contribution in [3.05, 3.63) is 80.1 Å². The van der Waals surface area contributed by atoms with Crippen molar-refractivity contribution < 1.29 is 22.7 Å². The van der Waals surface area contributed by atoms with Crippen LogP contribution in [0.15, 0.2) is 63.6 Å². The molecule has 2 heterocycles. The summed E-state index contributed by atoms with van der Waals surface area (Å²) in [5.41, 5.74) is -1.07. The van der Waals surface area contributed by atoms with E-state index >= 15 is 0 Å². The molecule has 2 amide bonds. The molecule has 0 aliphatic rings. The third-order valence-corrected chi connectivity index (χ3v) is 7.74. The van der Waals surface area contributed by atoms with Crippen molar-refractivity contribution in [2.24, 2.45) is 0 Å². The highest BCUT2D eigenvalue weighted by Crippen LogP contribution is 2.29. The lowest BCUT2D eigenvalue weighted by atomic mass is 10.1. The van der Waals surface area contributed by atoms with E-state index in [0.717, 1.165) is 28.0 Å². The van der Waals surface area contributed by atoms with Crippen LogP contribution in [0.2, 0.25) is 9.36 Å². The first-order valence-electron chi connectivity index (χ1n) is 8.98. The monoisotopic (exact) mass is 527 g/mol. The number of urea groups is 1. The minimum atomic E-state index is -4.16. The van der Waals surface area contributed by atoms with Crippen molar-refractivity contribution in [2.45, 2.75) is 4.21 Å². The molecule has 2 aromatic carbocycles. The van der Waals surface area contributed by atoms with Crippen LogP contribution in [0.3, 0.4) is 0 Å². The Balaban J connectivity index is 1.61. The van der Waals surface area contributed by atoms with Crippen LogP contribution in [-0.4, -0.2) is 24.1 Å². The molecule has 0 radical (unpaired) electrons. The molecule has 8 nitrogen and oxygen atoms in total. The lowest BCUT2D eigenvalue weighted by Gasteiger charge is -2.13. The topological polar surface area (TPSA) is 118 Å². The van der Waals surface area contributed by atoms with Crippen molar-refractivity contribution in [3.63, 3.8) is 0 Å². The zero-order valence-corrected chi connectivity index (χ0v) is 19.3. The number of sulfonamides is 1. The molecule has 2 aromatic heterocycles. The molecule has 0 aliphatic carbocycles.